The van der Waals surface area contributed by atoms with Crippen molar-refractivity contribution in [3.63, 3.8) is 0 Å². The smallest absolute Gasteiger partial charge is 0.259 e. The molecule has 0 bridgehead atoms. The van der Waals surface area contributed by atoms with Crippen LogP contribution in [0.3, 0.4) is 0 Å². The van der Waals surface area contributed by atoms with Crippen LogP contribution in [0.5, 0.6) is 11.5 Å². The lowest BCUT2D eigenvalue weighted by atomic mass is 10.1. The number of amides is 2. The highest BCUT2D eigenvalue weighted by Crippen LogP contribution is 2.27. The van der Waals surface area contributed by atoms with Gasteiger partial charge in [-0.3, -0.25) is 9.59 Å². The van der Waals surface area contributed by atoms with Gasteiger partial charge in [-0.2, -0.15) is 0 Å². The zero-order valence-electron chi connectivity index (χ0n) is 18.8. The van der Waals surface area contributed by atoms with Gasteiger partial charge in [-0.05, 0) is 43.7 Å². The van der Waals surface area contributed by atoms with E-state index in [1.807, 2.05) is 25.9 Å². The topological polar surface area (TPSA) is 89.1 Å². The number of hydrogen-bond acceptors (Lipinski definition) is 6. The van der Waals surface area contributed by atoms with Gasteiger partial charge >= 0.3 is 0 Å². The number of carbonyl (C=O) groups is 2. The van der Waals surface area contributed by atoms with E-state index in [9.17, 15) is 9.59 Å². The van der Waals surface area contributed by atoms with Gasteiger partial charge in [0.05, 0.1) is 25.3 Å². The first-order chi connectivity index (χ1) is 14.9. The van der Waals surface area contributed by atoms with Gasteiger partial charge in [0, 0.05) is 51.3 Å². The lowest BCUT2D eigenvalue weighted by Crippen LogP contribution is -2.27. The average molecular weight is 430 g/mol. The summed E-state index contributed by atoms with van der Waals surface area (Å²) in [7, 11) is 6.76. The van der Waals surface area contributed by atoms with E-state index in [2.05, 4.69) is 10.6 Å². The van der Waals surface area contributed by atoms with E-state index < -0.39 is 0 Å². The number of methoxy groups -OCH3 is 2. The molecule has 31 heavy (non-hydrogen) atoms. The minimum atomic E-state index is -0.347. The second-order valence-corrected chi connectivity index (χ2v) is 6.95. The number of nitrogens with one attached hydrogen (secondary N) is 2. The Morgan fingerprint density at radius 3 is 2.39 bits per heavy atom. The van der Waals surface area contributed by atoms with E-state index in [1.54, 1.807) is 43.5 Å². The Bertz CT molecular complexity index is 899. The molecule has 8 heteroatoms. The molecule has 2 amide bonds. The molecular formula is C23H31N3O5. The summed E-state index contributed by atoms with van der Waals surface area (Å²) in [6.45, 7) is 3.69. The Morgan fingerprint density at radius 1 is 0.968 bits per heavy atom. The third kappa shape index (κ3) is 6.62. The molecule has 2 aromatic rings. The molecule has 0 radical (unpaired) electrons. The quantitative estimate of drug-likeness (QED) is 0.534. The number of nitrogens with zero attached hydrogens (tertiary/aromatic N) is 1. The van der Waals surface area contributed by atoms with Crippen molar-refractivity contribution in [1.82, 2.24) is 5.32 Å². The molecule has 0 saturated heterocycles. The predicted octanol–water partition coefficient (Wildman–Crippen LogP) is 3.18. The molecule has 0 atom stereocenters. The van der Waals surface area contributed by atoms with Crippen molar-refractivity contribution in [2.75, 3.05) is 58.3 Å². The number of rotatable bonds is 11. The summed E-state index contributed by atoms with van der Waals surface area (Å²) in [5.74, 6) is 0.430. The molecule has 0 unspecified atom stereocenters. The van der Waals surface area contributed by atoms with Gasteiger partial charge in [0.2, 0.25) is 0 Å². The van der Waals surface area contributed by atoms with Gasteiger partial charge < -0.3 is 29.7 Å². The van der Waals surface area contributed by atoms with E-state index in [0.29, 0.717) is 48.1 Å². The van der Waals surface area contributed by atoms with Crippen molar-refractivity contribution >= 4 is 23.2 Å². The maximum Gasteiger partial charge on any atom is 0.259 e. The Labute approximate surface area is 183 Å². The lowest BCUT2D eigenvalue weighted by molar-refractivity contribution is 0.0943. The van der Waals surface area contributed by atoms with Gasteiger partial charge in [0.25, 0.3) is 11.8 Å². The number of benzene rings is 2. The summed E-state index contributed by atoms with van der Waals surface area (Å²) in [5, 5.41) is 5.74. The summed E-state index contributed by atoms with van der Waals surface area (Å²) in [4.78, 5) is 27.4. The van der Waals surface area contributed by atoms with Gasteiger partial charge in [0.15, 0.2) is 0 Å². The zero-order chi connectivity index (χ0) is 22.8. The van der Waals surface area contributed by atoms with Crippen molar-refractivity contribution < 1.29 is 23.8 Å². The molecule has 0 heterocycles. The van der Waals surface area contributed by atoms with E-state index in [1.165, 1.54) is 7.11 Å². The normalized spacial score (nSPS) is 10.4. The van der Waals surface area contributed by atoms with E-state index in [-0.39, 0.29) is 11.8 Å². The molecule has 0 saturated carbocycles. The summed E-state index contributed by atoms with van der Waals surface area (Å²) >= 11 is 0. The molecule has 0 spiro atoms. The molecule has 0 aliphatic rings. The molecular weight excluding hydrogens is 398 g/mol. The minimum Gasteiger partial charge on any atom is -0.497 e. The van der Waals surface area contributed by atoms with Crippen molar-refractivity contribution in [3.8, 4) is 11.5 Å². The molecule has 0 fully saturated rings. The zero-order valence-corrected chi connectivity index (χ0v) is 18.8. The van der Waals surface area contributed by atoms with E-state index >= 15 is 0 Å². The van der Waals surface area contributed by atoms with Crippen LogP contribution in [-0.4, -0.2) is 59.9 Å². The van der Waals surface area contributed by atoms with Gasteiger partial charge in [-0.15, -0.1) is 0 Å². The van der Waals surface area contributed by atoms with Crippen LogP contribution in [0.2, 0.25) is 0 Å². The third-order valence-corrected chi connectivity index (χ3v) is 4.59. The molecule has 2 N–H and O–H groups in total. The molecule has 0 aromatic heterocycles. The predicted molar refractivity (Wildman–Crippen MR) is 122 cm³/mol. The summed E-state index contributed by atoms with van der Waals surface area (Å²) in [6, 6.07) is 10.2. The van der Waals surface area contributed by atoms with Crippen molar-refractivity contribution in [2.45, 2.75) is 13.3 Å². The lowest BCUT2D eigenvalue weighted by Gasteiger charge is -2.19. The second-order valence-electron chi connectivity index (χ2n) is 6.95. The van der Waals surface area contributed by atoms with Crippen LogP contribution in [0.15, 0.2) is 36.4 Å². The first-order valence-corrected chi connectivity index (χ1v) is 10.1. The summed E-state index contributed by atoms with van der Waals surface area (Å²) in [6.07, 6.45) is 0.727. The van der Waals surface area contributed by atoms with Crippen LogP contribution in [0.25, 0.3) is 0 Å². The fraction of sp³-hybridized carbons (Fsp3) is 0.391. The molecule has 0 aliphatic heterocycles. The van der Waals surface area contributed by atoms with Crippen LogP contribution in [0.4, 0.5) is 11.4 Å². The maximum absolute atomic E-state index is 12.8. The van der Waals surface area contributed by atoms with Crippen molar-refractivity contribution in [2.24, 2.45) is 0 Å². The van der Waals surface area contributed by atoms with Crippen LogP contribution >= 0.6 is 0 Å². The minimum absolute atomic E-state index is 0.210. The fourth-order valence-electron chi connectivity index (χ4n) is 2.99. The van der Waals surface area contributed by atoms with Gasteiger partial charge in [-0.1, -0.05) is 0 Å². The highest BCUT2D eigenvalue weighted by atomic mass is 16.5. The Balaban J connectivity index is 2.19. The van der Waals surface area contributed by atoms with Crippen LogP contribution in [0.1, 0.15) is 34.1 Å². The maximum atomic E-state index is 12.8. The Morgan fingerprint density at radius 2 is 1.74 bits per heavy atom. The standard InChI is InChI=1S/C23H31N3O5/c1-6-31-13-7-12-24-22(27)19-14-16(8-11-20(19)26(2)3)25-23(28)18-10-9-17(29-4)15-21(18)30-5/h8-11,14-15H,6-7,12-13H2,1-5H3,(H,24,27)(H,25,28). The highest BCUT2D eigenvalue weighted by Gasteiger charge is 2.17. The Hall–Kier alpha value is -3.26. The van der Waals surface area contributed by atoms with Crippen molar-refractivity contribution in [1.29, 1.82) is 0 Å². The first kappa shape index (κ1) is 24.0. The molecule has 0 aliphatic carbocycles. The molecule has 168 valence electrons. The molecule has 2 aromatic carbocycles. The van der Waals surface area contributed by atoms with Crippen LogP contribution in [-0.2, 0) is 4.74 Å². The van der Waals surface area contributed by atoms with Gasteiger partial charge in [0.1, 0.15) is 11.5 Å². The van der Waals surface area contributed by atoms with E-state index in [0.717, 1.165) is 12.1 Å². The highest BCUT2D eigenvalue weighted by molar-refractivity contribution is 6.07. The van der Waals surface area contributed by atoms with Crippen molar-refractivity contribution in [3.05, 3.63) is 47.5 Å². The van der Waals surface area contributed by atoms with Crippen LogP contribution in [0, 0.1) is 0 Å². The monoisotopic (exact) mass is 429 g/mol. The van der Waals surface area contributed by atoms with Crippen LogP contribution < -0.4 is 25.0 Å². The number of anilines is 2. The van der Waals surface area contributed by atoms with E-state index in [4.69, 9.17) is 14.2 Å². The largest absolute Gasteiger partial charge is 0.497 e. The molecule has 8 nitrogen and oxygen atoms in total. The summed E-state index contributed by atoms with van der Waals surface area (Å²) in [5.41, 5.74) is 2.10. The summed E-state index contributed by atoms with van der Waals surface area (Å²) < 4.78 is 15.8. The molecule has 2 rings (SSSR count). The first-order valence-electron chi connectivity index (χ1n) is 10.1. The number of hydrogen-bond donors (Lipinski definition) is 2. The average Bonchev–Trinajstić information content (AvgIpc) is 2.77. The SMILES string of the molecule is CCOCCCNC(=O)c1cc(NC(=O)c2ccc(OC)cc2OC)ccc1N(C)C. The third-order valence-electron chi connectivity index (χ3n) is 4.59. The number of ether oxygens (including phenoxy) is 3. The number of carbonyl (C=O) groups excluding carboxylic acids is 2. The van der Waals surface area contributed by atoms with Gasteiger partial charge in [-0.25, -0.2) is 0 Å². The fourth-order valence-corrected chi connectivity index (χ4v) is 2.99. The Kier molecular flexibility index (Phi) is 9.14. The second kappa shape index (κ2) is 11.8.